The molecule has 3 N–H and O–H groups in total. The van der Waals surface area contributed by atoms with Gasteiger partial charge < -0.3 is 34.7 Å². The predicted molar refractivity (Wildman–Crippen MR) is 177 cm³/mol. The number of hydrogen-bond acceptors (Lipinski definition) is 10. The number of rotatable bonds is 10. The summed E-state index contributed by atoms with van der Waals surface area (Å²) in [5.74, 6) is -1.00. The molecule has 3 heterocycles. The van der Waals surface area contributed by atoms with Gasteiger partial charge in [0.1, 0.15) is 29.6 Å². The van der Waals surface area contributed by atoms with Crippen LogP contribution in [0.25, 0.3) is 16.6 Å². The van der Waals surface area contributed by atoms with Crippen molar-refractivity contribution in [1.82, 2.24) is 14.3 Å². The third-order valence-electron chi connectivity index (χ3n) is 8.08. The number of benzene rings is 3. The first-order valence-electron chi connectivity index (χ1n) is 15.3. The molecule has 5 aromatic rings. The molecular formula is C35H34FN5O8. The van der Waals surface area contributed by atoms with Crippen LogP contribution in [-0.4, -0.2) is 59.2 Å². The molecule has 2 aromatic heterocycles. The van der Waals surface area contributed by atoms with Crippen molar-refractivity contribution in [2.24, 2.45) is 12.8 Å². The molecular weight excluding hydrogens is 637 g/mol. The summed E-state index contributed by atoms with van der Waals surface area (Å²) in [6, 6.07) is 16.8. The molecule has 0 spiro atoms. The van der Waals surface area contributed by atoms with Crippen LogP contribution in [0.5, 0.6) is 23.0 Å². The lowest BCUT2D eigenvalue weighted by Gasteiger charge is -2.16. The van der Waals surface area contributed by atoms with E-state index in [4.69, 9.17) is 29.4 Å². The van der Waals surface area contributed by atoms with Crippen molar-refractivity contribution in [2.45, 2.75) is 31.6 Å². The number of fused-ring (bicyclic) bond motifs is 1. The molecule has 1 fully saturated rings. The minimum absolute atomic E-state index is 0.0503. The van der Waals surface area contributed by atoms with Gasteiger partial charge in [-0.1, -0.05) is 18.2 Å². The number of esters is 1. The van der Waals surface area contributed by atoms with Gasteiger partial charge in [0, 0.05) is 42.9 Å². The van der Waals surface area contributed by atoms with E-state index in [2.05, 4.69) is 10.3 Å². The Balaban J connectivity index is 1.29. The number of anilines is 1. The zero-order valence-corrected chi connectivity index (χ0v) is 27.1. The van der Waals surface area contributed by atoms with Gasteiger partial charge >= 0.3 is 5.97 Å². The van der Waals surface area contributed by atoms with Gasteiger partial charge in [-0.15, -0.1) is 0 Å². The van der Waals surface area contributed by atoms with Crippen molar-refractivity contribution in [1.29, 1.82) is 0 Å². The Hall–Kier alpha value is -5.73. The second kappa shape index (κ2) is 13.8. The maximum absolute atomic E-state index is 15.5. The molecule has 0 radical (unpaired) electrons. The molecule has 0 aliphatic carbocycles. The smallest absolute Gasteiger partial charge is 0.322 e. The maximum Gasteiger partial charge on any atom is 0.322 e. The number of methoxy groups -OCH3 is 2. The number of hydrogen-bond donors (Lipinski definition) is 2. The van der Waals surface area contributed by atoms with Crippen LogP contribution < -0.4 is 30.8 Å². The molecule has 1 amide bonds. The van der Waals surface area contributed by atoms with E-state index in [1.54, 1.807) is 55.6 Å². The Morgan fingerprint density at radius 3 is 2.45 bits per heavy atom. The number of carbonyl (C=O) groups is 2. The fraction of sp³-hybridized carbons (Fsp3) is 0.257. The number of halogens is 1. The van der Waals surface area contributed by atoms with Gasteiger partial charge in [0.05, 0.1) is 37.7 Å². The predicted octanol–water partition coefficient (Wildman–Crippen LogP) is 4.65. The molecule has 0 unspecified atom stereocenters. The number of para-hydroxylation sites is 1. The Morgan fingerprint density at radius 1 is 1.02 bits per heavy atom. The fourth-order valence-corrected chi connectivity index (χ4v) is 5.72. The minimum Gasteiger partial charge on any atom is -0.493 e. The van der Waals surface area contributed by atoms with Crippen molar-refractivity contribution >= 4 is 28.5 Å². The van der Waals surface area contributed by atoms with Gasteiger partial charge in [0.25, 0.3) is 11.5 Å². The zero-order valence-electron chi connectivity index (χ0n) is 27.1. The number of nitrogens with zero attached hydrogens (tertiary/aromatic N) is 3. The van der Waals surface area contributed by atoms with E-state index in [9.17, 15) is 14.4 Å². The molecule has 1 saturated heterocycles. The van der Waals surface area contributed by atoms with Crippen LogP contribution in [0.1, 0.15) is 35.5 Å². The summed E-state index contributed by atoms with van der Waals surface area (Å²) in [5.41, 5.74) is 6.24. The lowest BCUT2D eigenvalue weighted by molar-refractivity contribution is -0.150. The van der Waals surface area contributed by atoms with Gasteiger partial charge in [-0.05, 0) is 43.3 Å². The van der Waals surface area contributed by atoms with Crippen molar-refractivity contribution in [3.63, 3.8) is 0 Å². The second-order valence-corrected chi connectivity index (χ2v) is 11.4. The van der Waals surface area contributed by atoms with Crippen molar-refractivity contribution in [3.8, 4) is 28.7 Å². The number of pyridine rings is 1. The molecule has 1 aliphatic heterocycles. The normalized spacial score (nSPS) is 16.3. The fourth-order valence-electron chi connectivity index (χ4n) is 5.72. The highest BCUT2D eigenvalue weighted by Crippen LogP contribution is 2.38. The molecule has 13 nitrogen and oxygen atoms in total. The Kier molecular flexibility index (Phi) is 9.33. The number of carbonyl (C=O) groups excluding carboxylic acids is 2. The molecule has 1 aliphatic rings. The summed E-state index contributed by atoms with van der Waals surface area (Å²) in [4.78, 5) is 44.2. The number of aromatic nitrogens is 3. The first kappa shape index (κ1) is 33.2. The number of amides is 1. The molecule has 0 bridgehead atoms. The van der Waals surface area contributed by atoms with E-state index in [-0.39, 0.29) is 35.7 Å². The largest absolute Gasteiger partial charge is 0.493 e. The third-order valence-corrected chi connectivity index (χ3v) is 8.08. The first-order valence-corrected chi connectivity index (χ1v) is 15.3. The standard InChI is InChI=1S/C35H34FN5O8/c1-19(37)35(44)48-22-15-30(47-18-22)32-31(34(43)41(40(32)2)21-8-6-5-7-9-21)33(42)39-20-10-11-27(24(36)14-20)49-26-12-13-38-25-17-29(46-4)28(45-3)16-23(25)26/h5-14,16-17,19,22,30H,15,18,37H2,1-4H3,(H,39,42)/t19-,22-,30-/m0/s1. The summed E-state index contributed by atoms with van der Waals surface area (Å²) in [5, 5.41) is 3.21. The topological polar surface area (TPSA) is 158 Å². The lowest BCUT2D eigenvalue weighted by atomic mass is 10.1. The Labute approximate surface area is 279 Å². The SMILES string of the molecule is COc1cc2nccc(Oc3ccc(NC(=O)c4c([C@@H]5C[C@H](OC(=O)[C@H](C)N)CO5)n(C)n(-c5ccccc5)c4=O)cc3F)c2cc1OC. The number of ether oxygens (including phenoxy) is 5. The number of nitrogens with two attached hydrogens (primary N) is 1. The van der Waals surface area contributed by atoms with Crippen LogP contribution in [0.4, 0.5) is 10.1 Å². The monoisotopic (exact) mass is 671 g/mol. The molecule has 14 heteroatoms. The molecule has 3 atom stereocenters. The van der Waals surface area contributed by atoms with Crippen molar-refractivity contribution in [3.05, 3.63) is 100 Å². The summed E-state index contributed by atoms with van der Waals surface area (Å²) >= 11 is 0. The molecule has 254 valence electrons. The van der Waals surface area contributed by atoms with E-state index >= 15 is 4.39 Å². The second-order valence-electron chi connectivity index (χ2n) is 11.4. The van der Waals surface area contributed by atoms with Gasteiger partial charge in [-0.3, -0.25) is 24.0 Å². The molecule has 0 saturated carbocycles. The Morgan fingerprint density at radius 2 is 1.76 bits per heavy atom. The van der Waals surface area contributed by atoms with E-state index in [0.717, 1.165) is 6.07 Å². The van der Waals surface area contributed by atoms with Crippen LogP contribution in [-0.2, 0) is 21.3 Å². The highest BCUT2D eigenvalue weighted by Gasteiger charge is 2.37. The number of nitrogens with one attached hydrogen (secondary N) is 1. The van der Waals surface area contributed by atoms with E-state index in [1.807, 2.05) is 0 Å². The maximum atomic E-state index is 15.5. The van der Waals surface area contributed by atoms with E-state index in [1.165, 1.54) is 48.8 Å². The van der Waals surface area contributed by atoms with Crippen LogP contribution in [0.3, 0.4) is 0 Å². The quantitative estimate of drug-likeness (QED) is 0.200. The van der Waals surface area contributed by atoms with E-state index in [0.29, 0.717) is 33.8 Å². The van der Waals surface area contributed by atoms with Crippen molar-refractivity contribution < 1.29 is 37.7 Å². The van der Waals surface area contributed by atoms with Gasteiger partial charge in [0.2, 0.25) is 0 Å². The summed E-state index contributed by atoms with van der Waals surface area (Å²) in [6.07, 6.45) is 0.315. The van der Waals surface area contributed by atoms with Crippen LogP contribution in [0.2, 0.25) is 0 Å². The zero-order chi connectivity index (χ0) is 34.8. The van der Waals surface area contributed by atoms with Crippen LogP contribution in [0, 0.1) is 5.82 Å². The van der Waals surface area contributed by atoms with E-state index < -0.39 is 41.5 Å². The Bertz CT molecular complexity index is 2100. The molecule has 3 aromatic carbocycles. The highest BCUT2D eigenvalue weighted by atomic mass is 19.1. The summed E-state index contributed by atoms with van der Waals surface area (Å²) in [6.45, 7) is 1.56. The van der Waals surface area contributed by atoms with Crippen molar-refractivity contribution in [2.75, 3.05) is 26.1 Å². The van der Waals surface area contributed by atoms with Gasteiger partial charge in [-0.2, -0.15) is 0 Å². The third kappa shape index (κ3) is 6.55. The van der Waals surface area contributed by atoms with Gasteiger partial charge in [-0.25, -0.2) is 9.07 Å². The lowest BCUT2D eigenvalue weighted by Crippen LogP contribution is -2.32. The summed E-state index contributed by atoms with van der Waals surface area (Å²) in [7, 11) is 4.64. The highest BCUT2D eigenvalue weighted by molar-refractivity contribution is 6.05. The van der Waals surface area contributed by atoms with Crippen LogP contribution >= 0.6 is 0 Å². The first-order chi connectivity index (χ1) is 23.6. The molecule has 49 heavy (non-hydrogen) atoms. The average molecular weight is 672 g/mol. The van der Waals surface area contributed by atoms with Gasteiger partial charge in [0.15, 0.2) is 23.1 Å². The molecule has 6 rings (SSSR count). The average Bonchev–Trinajstić information content (AvgIpc) is 3.66. The minimum atomic E-state index is -0.822. The summed E-state index contributed by atoms with van der Waals surface area (Å²) < 4.78 is 46.4. The van der Waals surface area contributed by atoms with Crippen LogP contribution in [0.15, 0.2) is 77.7 Å².